The van der Waals surface area contributed by atoms with Crippen molar-refractivity contribution in [3.8, 4) is 5.75 Å². The summed E-state index contributed by atoms with van der Waals surface area (Å²) in [5.74, 6) is 0.0897. The average Bonchev–Trinajstić information content (AvgIpc) is 2.62. The minimum atomic E-state index is -1.52. The molecule has 7 heteroatoms. The molecule has 0 amide bonds. The summed E-state index contributed by atoms with van der Waals surface area (Å²) in [6.07, 6.45) is 0.421. The minimum Gasteiger partial charge on any atom is -0.449 e. The van der Waals surface area contributed by atoms with Gasteiger partial charge in [0.05, 0.1) is 21.8 Å². The highest BCUT2D eigenvalue weighted by atomic mass is 35.5. The molecule has 0 unspecified atom stereocenters. The van der Waals surface area contributed by atoms with Crippen LogP contribution in [0.1, 0.15) is 25.0 Å². The summed E-state index contributed by atoms with van der Waals surface area (Å²) in [5.41, 5.74) is 1.96. The first-order chi connectivity index (χ1) is 13.3. The lowest BCUT2D eigenvalue weighted by molar-refractivity contribution is 0.143. The zero-order valence-electron chi connectivity index (χ0n) is 15.4. The number of nitrogens with zero attached hydrogens (tertiary/aromatic N) is 1. The fourth-order valence-electron chi connectivity index (χ4n) is 3.14. The molecule has 1 heterocycles. The third kappa shape index (κ3) is 4.32. The fourth-order valence-corrected chi connectivity index (χ4v) is 3.53. The standard InChI is InChI=1S/C21H19Cl2NO4/c1-12(2)10-24-11-18(28-21(26)27)20(25)15-9-13(6-7-17(15)24)8-14-4-3-5-16(22)19(14)23/h3-7,9,11-12H,8,10H2,1-2H3,(H,26,27). The van der Waals surface area contributed by atoms with Crippen LogP contribution in [-0.2, 0) is 13.0 Å². The van der Waals surface area contributed by atoms with E-state index in [-0.39, 0.29) is 5.75 Å². The number of benzene rings is 2. The first-order valence-electron chi connectivity index (χ1n) is 8.76. The number of hydrogen-bond donors (Lipinski definition) is 1. The quantitative estimate of drug-likeness (QED) is 0.545. The molecule has 5 nitrogen and oxygen atoms in total. The summed E-state index contributed by atoms with van der Waals surface area (Å²) in [4.78, 5) is 23.7. The molecule has 0 atom stereocenters. The second kappa shape index (κ2) is 8.25. The van der Waals surface area contributed by atoms with Crippen LogP contribution >= 0.6 is 23.2 Å². The van der Waals surface area contributed by atoms with Crippen LogP contribution in [0, 0.1) is 5.92 Å². The topological polar surface area (TPSA) is 68.5 Å². The van der Waals surface area contributed by atoms with E-state index in [0.29, 0.717) is 34.3 Å². The maximum absolute atomic E-state index is 12.8. The predicted octanol–water partition coefficient (Wildman–Crippen LogP) is 5.61. The number of hydrogen-bond acceptors (Lipinski definition) is 3. The van der Waals surface area contributed by atoms with Gasteiger partial charge < -0.3 is 14.4 Å². The Kier molecular flexibility index (Phi) is 5.96. The molecule has 0 aliphatic carbocycles. The molecule has 0 saturated heterocycles. The van der Waals surface area contributed by atoms with E-state index in [1.165, 1.54) is 6.20 Å². The van der Waals surface area contributed by atoms with Gasteiger partial charge in [-0.15, -0.1) is 0 Å². The summed E-state index contributed by atoms with van der Waals surface area (Å²) in [5, 5.41) is 10.3. The molecule has 28 heavy (non-hydrogen) atoms. The van der Waals surface area contributed by atoms with Crippen molar-refractivity contribution >= 4 is 40.3 Å². The van der Waals surface area contributed by atoms with Gasteiger partial charge in [0.2, 0.25) is 5.43 Å². The number of pyridine rings is 1. The monoisotopic (exact) mass is 419 g/mol. The molecule has 1 aromatic heterocycles. The van der Waals surface area contributed by atoms with Crippen molar-refractivity contribution < 1.29 is 14.6 Å². The molecule has 2 aromatic carbocycles. The Morgan fingerprint density at radius 1 is 1.21 bits per heavy atom. The van der Waals surface area contributed by atoms with E-state index in [0.717, 1.165) is 16.6 Å². The predicted molar refractivity (Wildman–Crippen MR) is 111 cm³/mol. The van der Waals surface area contributed by atoms with E-state index in [2.05, 4.69) is 0 Å². The van der Waals surface area contributed by atoms with Crippen molar-refractivity contribution in [3.63, 3.8) is 0 Å². The zero-order chi connectivity index (χ0) is 20.4. The fraction of sp³-hybridized carbons (Fsp3) is 0.238. The lowest BCUT2D eigenvalue weighted by atomic mass is 10.0. The van der Waals surface area contributed by atoms with Gasteiger partial charge in [0.25, 0.3) is 0 Å². The van der Waals surface area contributed by atoms with Gasteiger partial charge in [0.15, 0.2) is 5.75 Å². The smallest absolute Gasteiger partial charge is 0.449 e. The van der Waals surface area contributed by atoms with Crippen LogP contribution < -0.4 is 10.2 Å². The van der Waals surface area contributed by atoms with Crippen LogP contribution in [-0.4, -0.2) is 15.8 Å². The highest BCUT2D eigenvalue weighted by Gasteiger charge is 2.15. The van der Waals surface area contributed by atoms with Gasteiger partial charge in [-0.2, -0.15) is 0 Å². The molecule has 0 fully saturated rings. The molecule has 3 rings (SSSR count). The summed E-state index contributed by atoms with van der Waals surface area (Å²) in [6, 6.07) is 10.9. The number of ether oxygens (including phenoxy) is 1. The van der Waals surface area contributed by atoms with Gasteiger partial charge in [-0.05, 0) is 41.7 Å². The molecule has 0 spiro atoms. The highest BCUT2D eigenvalue weighted by Crippen LogP contribution is 2.28. The molecule has 0 aliphatic rings. The van der Waals surface area contributed by atoms with Crippen LogP contribution in [0.5, 0.6) is 5.75 Å². The maximum atomic E-state index is 12.8. The van der Waals surface area contributed by atoms with Crippen molar-refractivity contribution in [1.29, 1.82) is 0 Å². The summed E-state index contributed by atoms with van der Waals surface area (Å²) in [6.45, 7) is 4.70. The maximum Gasteiger partial charge on any atom is 0.511 e. The Morgan fingerprint density at radius 3 is 2.64 bits per heavy atom. The molecule has 0 radical (unpaired) electrons. The number of carboxylic acid groups (broad SMARTS) is 1. The Hall–Kier alpha value is -2.50. The van der Waals surface area contributed by atoms with E-state index in [9.17, 15) is 9.59 Å². The zero-order valence-corrected chi connectivity index (χ0v) is 16.9. The van der Waals surface area contributed by atoms with Crippen LogP contribution in [0.3, 0.4) is 0 Å². The second-order valence-electron chi connectivity index (χ2n) is 6.98. The molecule has 146 valence electrons. The number of halogens is 2. The molecular weight excluding hydrogens is 401 g/mol. The van der Waals surface area contributed by atoms with E-state index in [1.807, 2.05) is 42.7 Å². The Labute approximate surface area is 172 Å². The molecule has 3 aromatic rings. The number of aromatic nitrogens is 1. The van der Waals surface area contributed by atoms with Crippen molar-refractivity contribution in [2.45, 2.75) is 26.8 Å². The van der Waals surface area contributed by atoms with Crippen LogP contribution in [0.2, 0.25) is 10.0 Å². The van der Waals surface area contributed by atoms with Crippen LogP contribution in [0.25, 0.3) is 10.9 Å². The highest BCUT2D eigenvalue weighted by molar-refractivity contribution is 6.42. The summed E-state index contributed by atoms with van der Waals surface area (Å²) < 4.78 is 6.56. The lowest BCUT2D eigenvalue weighted by Gasteiger charge is -2.15. The SMILES string of the molecule is CC(C)Cn1cc(OC(=O)O)c(=O)c2cc(Cc3cccc(Cl)c3Cl)ccc21. The Balaban J connectivity index is 2.13. The third-order valence-electron chi connectivity index (χ3n) is 4.30. The second-order valence-corrected chi connectivity index (χ2v) is 7.76. The molecule has 1 N–H and O–H groups in total. The van der Waals surface area contributed by atoms with Gasteiger partial charge in [-0.3, -0.25) is 4.79 Å². The average molecular weight is 420 g/mol. The van der Waals surface area contributed by atoms with E-state index in [1.54, 1.807) is 12.1 Å². The van der Waals surface area contributed by atoms with Crippen LogP contribution in [0.15, 0.2) is 47.4 Å². The van der Waals surface area contributed by atoms with Crippen molar-refractivity contribution in [1.82, 2.24) is 4.57 Å². The van der Waals surface area contributed by atoms with Gasteiger partial charge in [-0.1, -0.05) is 55.2 Å². The molecule has 0 bridgehead atoms. The van der Waals surface area contributed by atoms with Gasteiger partial charge in [-0.25, -0.2) is 4.79 Å². The minimum absolute atomic E-state index is 0.210. The number of fused-ring (bicyclic) bond motifs is 1. The van der Waals surface area contributed by atoms with Crippen molar-refractivity contribution in [3.05, 3.63) is 74.0 Å². The Bertz CT molecular complexity index is 1110. The van der Waals surface area contributed by atoms with Gasteiger partial charge >= 0.3 is 6.16 Å². The Morgan fingerprint density at radius 2 is 1.96 bits per heavy atom. The summed E-state index contributed by atoms with van der Waals surface area (Å²) >= 11 is 12.4. The lowest BCUT2D eigenvalue weighted by Crippen LogP contribution is -2.17. The largest absolute Gasteiger partial charge is 0.511 e. The van der Waals surface area contributed by atoms with Crippen LogP contribution in [0.4, 0.5) is 4.79 Å². The van der Waals surface area contributed by atoms with E-state index >= 15 is 0 Å². The van der Waals surface area contributed by atoms with Crippen molar-refractivity contribution in [2.24, 2.45) is 5.92 Å². The number of carbonyl (C=O) groups is 1. The first kappa shape index (κ1) is 20.2. The van der Waals surface area contributed by atoms with E-state index < -0.39 is 11.6 Å². The van der Waals surface area contributed by atoms with Gasteiger partial charge in [0, 0.05) is 11.9 Å². The normalized spacial score (nSPS) is 11.2. The third-order valence-corrected chi connectivity index (χ3v) is 5.16. The van der Waals surface area contributed by atoms with E-state index in [4.69, 9.17) is 33.0 Å². The molecule has 0 saturated carbocycles. The summed E-state index contributed by atoms with van der Waals surface area (Å²) in [7, 11) is 0. The van der Waals surface area contributed by atoms with Crippen molar-refractivity contribution in [2.75, 3.05) is 0 Å². The molecule has 0 aliphatic heterocycles. The number of rotatable bonds is 5. The first-order valence-corrected chi connectivity index (χ1v) is 9.51. The van der Waals surface area contributed by atoms with Gasteiger partial charge in [0.1, 0.15) is 0 Å². The molecular formula is C21H19Cl2NO4.